The van der Waals surface area contributed by atoms with Crippen LogP contribution in [-0.2, 0) is 9.53 Å². The van der Waals surface area contributed by atoms with E-state index in [0.29, 0.717) is 60.7 Å². The summed E-state index contributed by atoms with van der Waals surface area (Å²) in [4.78, 5) is 39.3. The Kier molecular flexibility index (Phi) is 11.3. The molecule has 1 fully saturated rings. The van der Waals surface area contributed by atoms with Gasteiger partial charge < -0.3 is 29.7 Å². The van der Waals surface area contributed by atoms with Crippen molar-refractivity contribution >= 4 is 23.6 Å². The third-order valence-electron chi connectivity index (χ3n) is 7.12. The number of ether oxygens (including phenoxy) is 3. The lowest BCUT2D eigenvalue weighted by molar-refractivity contribution is -0.274. The Morgan fingerprint density at radius 2 is 1.69 bits per heavy atom. The van der Waals surface area contributed by atoms with Crippen molar-refractivity contribution in [3.05, 3.63) is 77.9 Å². The molecular weight excluding hydrogens is 591 g/mol. The first kappa shape index (κ1) is 33.2. The van der Waals surface area contributed by atoms with Gasteiger partial charge in [0.05, 0.1) is 12.2 Å². The largest absolute Gasteiger partial charge is 0.573 e. The third-order valence-corrected chi connectivity index (χ3v) is 7.12. The van der Waals surface area contributed by atoms with E-state index in [9.17, 15) is 27.6 Å². The average molecular weight is 628 g/mol. The molecule has 45 heavy (non-hydrogen) atoms. The zero-order valence-electron chi connectivity index (χ0n) is 25.1. The van der Waals surface area contributed by atoms with Crippen LogP contribution in [0.4, 0.5) is 23.7 Å². The number of esters is 1. The number of urea groups is 1. The molecular formula is C33H36F3N3O6. The second-order valence-electron chi connectivity index (χ2n) is 10.6. The smallest absolute Gasteiger partial charge is 0.490 e. The van der Waals surface area contributed by atoms with Gasteiger partial charge in [-0.2, -0.15) is 0 Å². The highest BCUT2D eigenvalue weighted by molar-refractivity contribution is 6.09. The highest BCUT2D eigenvalue weighted by atomic mass is 19.4. The summed E-state index contributed by atoms with van der Waals surface area (Å²) in [6, 6.07) is 17.6. The second-order valence-corrected chi connectivity index (χ2v) is 10.6. The van der Waals surface area contributed by atoms with Crippen LogP contribution in [0.5, 0.6) is 11.5 Å². The molecule has 3 amide bonds. The molecule has 9 nitrogen and oxygen atoms in total. The molecule has 0 radical (unpaired) electrons. The minimum absolute atomic E-state index is 0.0200. The number of anilines is 1. The van der Waals surface area contributed by atoms with Gasteiger partial charge in [0.25, 0.3) is 5.91 Å². The molecule has 3 aromatic carbocycles. The van der Waals surface area contributed by atoms with E-state index in [1.165, 1.54) is 6.07 Å². The number of aryl methyl sites for hydroxylation is 1. The maximum atomic E-state index is 13.5. The van der Waals surface area contributed by atoms with Crippen LogP contribution in [0.3, 0.4) is 0 Å². The lowest BCUT2D eigenvalue weighted by Crippen LogP contribution is -2.47. The van der Waals surface area contributed by atoms with Crippen LogP contribution in [0.25, 0.3) is 11.1 Å². The number of carbonyl (C=O) groups excluding carboxylic acids is 3. The Hall–Kier alpha value is -4.74. The van der Waals surface area contributed by atoms with Crippen LogP contribution in [0.2, 0.25) is 0 Å². The van der Waals surface area contributed by atoms with E-state index in [4.69, 9.17) is 9.47 Å². The highest BCUT2D eigenvalue weighted by Crippen LogP contribution is 2.34. The van der Waals surface area contributed by atoms with Crippen molar-refractivity contribution in [1.82, 2.24) is 10.2 Å². The molecule has 1 aliphatic rings. The van der Waals surface area contributed by atoms with Crippen molar-refractivity contribution in [2.45, 2.75) is 52.0 Å². The summed E-state index contributed by atoms with van der Waals surface area (Å²) in [5.74, 6) is -1.10. The number of hydrogen-bond donors (Lipinski definition) is 2. The lowest BCUT2D eigenvalue weighted by atomic mass is 9.94. The van der Waals surface area contributed by atoms with Crippen molar-refractivity contribution in [2.75, 3.05) is 31.6 Å². The molecule has 0 spiro atoms. The number of unbranched alkanes of at least 4 members (excludes halogenated alkanes) is 1. The predicted molar refractivity (Wildman–Crippen MR) is 162 cm³/mol. The molecule has 3 aromatic rings. The molecule has 0 bridgehead atoms. The average Bonchev–Trinajstić information content (AvgIpc) is 3.00. The maximum absolute atomic E-state index is 13.5. The number of rotatable bonds is 11. The van der Waals surface area contributed by atoms with E-state index >= 15 is 0 Å². The van der Waals surface area contributed by atoms with Crippen molar-refractivity contribution in [2.24, 2.45) is 0 Å². The molecule has 0 aromatic heterocycles. The number of nitrogens with one attached hydrogen (secondary N) is 2. The number of carbonyl (C=O) groups is 3. The topological polar surface area (TPSA) is 106 Å². The molecule has 4 rings (SSSR count). The van der Waals surface area contributed by atoms with Crippen LogP contribution in [-0.4, -0.2) is 61.5 Å². The van der Waals surface area contributed by atoms with Gasteiger partial charge in [-0.15, -0.1) is 13.2 Å². The molecule has 0 unspecified atom stereocenters. The Morgan fingerprint density at radius 3 is 2.38 bits per heavy atom. The van der Waals surface area contributed by atoms with Crippen molar-refractivity contribution in [3.63, 3.8) is 0 Å². The first-order valence-electron chi connectivity index (χ1n) is 14.7. The molecule has 2 N–H and O–H groups in total. The van der Waals surface area contributed by atoms with E-state index in [1.54, 1.807) is 66.4 Å². The van der Waals surface area contributed by atoms with Crippen molar-refractivity contribution in [1.29, 1.82) is 0 Å². The van der Waals surface area contributed by atoms with Crippen LogP contribution >= 0.6 is 0 Å². The van der Waals surface area contributed by atoms with Gasteiger partial charge in [0, 0.05) is 37.7 Å². The number of halogens is 3. The van der Waals surface area contributed by atoms with E-state index in [0.717, 1.165) is 18.9 Å². The summed E-state index contributed by atoms with van der Waals surface area (Å²) in [6.07, 6.45) is -2.33. The summed E-state index contributed by atoms with van der Waals surface area (Å²) in [5, 5.41) is 5.35. The quantitative estimate of drug-likeness (QED) is 0.181. The fourth-order valence-corrected chi connectivity index (χ4v) is 4.97. The number of amides is 3. The molecule has 0 atom stereocenters. The van der Waals surface area contributed by atoms with Crippen LogP contribution < -0.4 is 20.1 Å². The van der Waals surface area contributed by atoms with Crippen molar-refractivity contribution < 1.29 is 41.8 Å². The minimum atomic E-state index is -4.91. The van der Waals surface area contributed by atoms with Gasteiger partial charge in [0.2, 0.25) is 0 Å². The van der Waals surface area contributed by atoms with Crippen LogP contribution in [0.15, 0.2) is 66.7 Å². The molecule has 0 saturated carbocycles. The summed E-state index contributed by atoms with van der Waals surface area (Å²) in [6.45, 7) is 4.60. The zero-order valence-corrected chi connectivity index (χ0v) is 25.1. The fraction of sp³-hybridized carbons (Fsp3) is 0.364. The van der Waals surface area contributed by atoms with Gasteiger partial charge in [0.15, 0.2) is 0 Å². The van der Waals surface area contributed by atoms with Crippen LogP contribution in [0, 0.1) is 6.92 Å². The number of nitrogens with zero attached hydrogens (tertiary/aromatic N) is 1. The number of alkyl halides is 3. The van der Waals surface area contributed by atoms with E-state index in [1.807, 2.05) is 6.92 Å². The van der Waals surface area contributed by atoms with Gasteiger partial charge in [-0.1, -0.05) is 49.7 Å². The lowest BCUT2D eigenvalue weighted by Gasteiger charge is -2.32. The van der Waals surface area contributed by atoms with E-state index < -0.39 is 24.0 Å². The van der Waals surface area contributed by atoms with Gasteiger partial charge in [-0.05, 0) is 54.3 Å². The first-order chi connectivity index (χ1) is 21.5. The molecule has 0 aliphatic carbocycles. The third kappa shape index (κ3) is 9.88. The van der Waals surface area contributed by atoms with Crippen molar-refractivity contribution in [3.8, 4) is 22.6 Å². The monoisotopic (exact) mass is 627 g/mol. The number of hydrogen-bond acceptors (Lipinski definition) is 6. The van der Waals surface area contributed by atoms with Gasteiger partial charge in [-0.3, -0.25) is 9.59 Å². The summed E-state index contributed by atoms with van der Waals surface area (Å²) >= 11 is 0. The number of piperidine rings is 1. The maximum Gasteiger partial charge on any atom is 0.573 e. The number of benzene rings is 3. The standard InChI is InChI=1S/C33H36F3N3O6/c1-3-4-17-43-29(40)21-37-32(42)39-15-13-25(14-16-39)44-26-12-8-11-24(19-26)38-31(41)28-20-27(45-33(34,35)36)18-22(2)30(28)23-9-6-5-7-10-23/h5-12,18-20,25H,3-4,13-17,21H2,1-2H3,(H,37,42)(H,38,41). The van der Waals surface area contributed by atoms with Crippen LogP contribution in [0.1, 0.15) is 48.5 Å². The second kappa shape index (κ2) is 15.3. The molecule has 240 valence electrons. The normalized spacial score (nSPS) is 13.6. The Morgan fingerprint density at radius 1 is 0.956 bits per heavy atom. The Balaban J connectivity index is 1.38. The number of likely N-dealkylation sites (tertiary alicyclic amines) is 1. The Bertz CT molecular complexity index is 1470. The summed E-state index contributed by atoms with van der Waals surface area (Å²) in [5.41, 5.74) is 2.00. The molecule has 1 saturated heterocycles. The van der Waals surface area contributed by atoms with Gasteiger partial charge >= 0.3 is 18.4 Å². The van der Waals surface area contributed by atoms with Gasteiger partial charge in [-0.25, -0.2) is 4.79 Å². The molecule has 12 heteroatoms. The summed E-state index contributed by atoms with van der Waals surface area (Å²) < 4.78 is 54.3. The van der Waals surface area contributed by atoms with E-state index in [-0.39, 0.29) is 24.2 Å². The summed E-state index contributed by atoms with van der Waals surface area (Å²) in [7, 11) is 0. The molecule has 1 aliphatic heterocycles. The van der Waals surface area contributed by atoms with E-state index in [2.05, 4.69) is 15.4 Å². The first-order valence-corrected chi connectivity index (χ1v) is 14.7. The highest BCUT2D eigenvalue weighted by Gasteiger charge is 2.32. The SMILES string of the molecule is CCCCOC(=O)CNC(=O)N1CCC(Oc2cccc(NC(=O)c3cc(OC(F)(F)F)cc(C)c3-c3ccccc3)c2)CC1. The Labute approximate surface area is 259 Å². The minimum Gasteiger partial charge on any atom is -0.490 e. The fourth-order valence-electron chi connectivity index (χ4n) is 4.97. The zero-order chi connectivity index (χ0) is 32.4. The molecule has 1 heterocycles. The predicted octanol–water partition coefficient (Wildman–Crippen LogP) is 6.71. The van der Waals surface area contributed by atoms with Gasteiger partial charge in [0.1, 0.15) is 24.1 Å².